The maximum Gasteiger partial charge on any atom is 0.326 e. The normalized spacial score (nSPS) is 20.9. The van der Waals surface area contributed by atoms with Gasteiger partial charge in [0.05, 0.1) is 13.2 Å². The Labute approximate surface area is 177 Å². The molecule has 1 amide bonds. The number of hydrogen-bond acceptors (Lipinski definition) is 7. The number of aromatic hydroxyl groups is 1. The van der Waals surface area contributed by atoms with Crippen LogP contribution >= 0.6 is 0 Å². The van der Waals surface area contributed by atoms with E-state index in [-0.39, 0.29) is 17.8 Å². The summed E-state index contributed by atoms with van der Waals surface area (Å²) in [5, 5.41) is 19.4. The molecule has 0 aliphatic carbocycles. The lowest BCUT2D eigenvalue weighted by Gasteiger charge is -2.19. The van der Waals surface area contributed by atoms with Gasteiger partial charge in [-0.3, -0.25) is 14.5 Å². The molecule has 1 atom stereocenters. The number of carbonyl (C=O) groups is 2. The van der Waals surface area contributed by atoms with E-state index in [1.165, 1.54) is 18.2 Å². The SMILES string of the molecule is O=C(O)CN1CC[C@H](COc2ccc3cc(O)c(N4CC(=O)NS4(=O)=O)c(F)c3c2)C1. The highest BCUT2D eigenvalue weighted by Crippen LogP contribution is 2.39. The fourth-order valence-corrected chi connectivity index (χ4v) is 5.04. The van der Waals surface area contributed by atoms with E-state index in [2.05, 4.69) is 0 Å². The molecular weight excluding hydrogens is 433 g/mol. The number of hydrogen-bond donors (Lipinski definition) is 3. The summed E-state index contributed by atoms with van der Waals surface area (Å²) >= 11 is 0. The van der Waals surface area contributed by atoms with E-state index >= 15 is 4.39 Å². The third-order valence-electron chi connectivity index (χ3n) is 5.29. The van der Waals surface area contributed by atoms with Gasteiger partial charge in [0.15, 0.2) is 5.82 Å². The van der Waals surface area contributed by atoms with Crippen LogP contribution in [0.25, 0.3) is 10.8 Å². The average molecular weight is 453 g/mol. The molecule has 2 aliphatic heterocycles. The molecule has 2 heterocycles. The smallest absolute Gasteiger partial charge is 0.326 e. The molecule has 2 aromatic carbocycles. The second-order valence-corrected chi connectivity index (χ2v) is 9.17. The van der Waals surface area contributed by atoms with Crippen LogP contribution in [0, 0.1) is 11.7 Å². The summed E-state index contributed by atoms with van der Waals surface area (Å²) in [6.07, 6.45) is 0.779. The van der Waals surface area contributed by atoms with Gasteiger partial charge in [0.1, 0.15) is 23.7 Å². The Morgan fingerprint density at radius 2 is 2.10 bits per heavy atom. The highest BCUT2D eigenvalue weighted by molar-refractivity contribution is 7.92. The molecule has 2 fully saturated rings. The Kier molecular flexibility index (Phi) is 5.35. The lowest BCUT2D eigenvalue weighted by atomic mass is 10.1. The van der Waals surface area contributed by atoms with Crippen molar-refractivity contribution in [3.63, 3.8) is 0 Å². The van der Waals surface area contributed by atoms with Gasteiger partial charge in [0.2, 0.25) is 0 Å². The van der Waals surface area contributed by atoms with Crippen LogP contribution in [0.15, 0.2) is 24.3 Å². The lowest BCUT2D eigenvalue weighted by Crippen LogP contribution is -2.30. The summed E-state index contributed by atoms with van der Waals surface area (Å²) in [7, 11) is -4.29. The van der Waals surface area contributed by atoms with E-state index in [9.17, 15) is 23.1 Å². The van der Waals surface area contributed by atoms with Crippen LogP contribution < -0.4 is 13.8 Å². The van der Waals surface area contributed by atoms with E-state index in [0.29, 0.717) is 35.1 Å². The van der Waals surface area contributed by atoms with Gasteiger partial charge in [0.25, 0.3) is 5.91 Å². The molecule has 31 heavy (non-hydrogen) atoms. The minimum atomic E-state index is -4.29. The zero-order valence-electron chi connectivity index (χ0n) is 16.2. The van der Waals surface area contributed by atoms with Crippen LogP contribution in [0.3, 0.4) is 0 Å². The van der Waals surface area contributed by atoms with Crippen molar-refractivity contribution in [2.45, 2.75) is 6.42 Å². The van der Waals surface area contributed by atoms with Gasteiger partial charge < -0.3 is 14.9 Å². The Bertz CT molecular complexity index is 1170. The Balaban J connectivity index is 1.56. The molecule has 0 aromatic heterocycles. The van der Waals surface area contributed by atoms with E-state index in [1.807, 2.05) is 4.90 Å². The summed E-state index contributed by atoms with van der Waals surface area (Å²) in [5.74, 6) is -2.84. The zero-order chi connectivity index (χ0) is 22.3. The van der Waals surface area contributed by atoms with Crippen molar-refractivity contribution in [2.24, 2.45) is 5.92 Å². The molecule has 0 saturated carbocycles. The van der Waals surface area contributed by atoms with Gasteiger partial charge in [-0.15, -0.1) is 0 Å². The summed E-state index contributed by atoms with van der Waals surface area (Å²) in [4.78, 5) is 24.1. The molecule has 12 heteroatoms. The number of nitrogens with zero attached hydrogens (tertiary/aromatic N) is 2. The number of aliphatic carboxylic acids is 1. The highest BCUT2D eigenvalue weighted by Gasteiger charge is 2.37. The summed E-state index contributed by atoms with van der Waals surface area (Å²) < 4.78 is 47.4. The number of anilines is 1. The minimum Gasteiger partial charge on any atom is -0.506 e. The molecule has 2 aromatic rings. The number of phenolic OH excluding ortho intramolecular Hbond substituents is 1. The first-order valence-corrected chi connectivity index (χ1v) is 10.9. The number of carbonyl (C=O) groups excluding carboxylic acids is 1. The van der Waals surface area contributed by atoms with Gasteiger partial charge in [-0.2, -0.15) is 8.42 Å². The number of ether oxygens (including phenoxy) is 1. The van der Waals surface area contributed by atoms with Crippen LogP contribution in [0.4, 0.5) is 10.1 Å². The van der Waals surface area contributed by atoms with Crippen LogP contribution in [0.1, 0.15) is 6.42 Å². The first-order chi connectivity index (χ1) is 14.6. The van der Waals surface area contributed by atoms with E-state index in [4.69, 9.17) is 9.84 Å². The second-order valence-electron chi connectivity index (χ2n) is 7.57. The maximum absolute atomic E-state index is 15.2. The first-order valence-electron chi connectivity index (χ1n) is 9.49. The van der Waals surface area contributed by atoms with Crippen LogP contribution in [-0.2, 0) is 19.8 Å². The topological polar surface area (TPSA) is 136 Å². The molecule has 0 unspecified atom stereocenters. The summed E-state index contributed by atoms with van der Waals surface area (Å²) in [6.45, 7) is 0.892. The van der Waals surface area contributed by atoms with Gasteiger partial charge in [-0.1, -0.05) is 6.07 Å². The van der Waals surface area contributed by atoms with Gasteiger partial charge in [-0.25, -0.2) is 13.4 Å². The largest absolute Gasteiger partial charge is 0.506 e. The van der Waals surface area contributed by atoms with Gasteiger partial charge >= 0.3 is 16.2 Å². The van der Waals surface area contributed by atoms with Crippen LogP contribution in [0.2, 0.25) is 0 Å². The molecule has 10 nitrogen and oxygen atoms in total. The Morgan fingerprint density at radius 3 is 2.77 bits per heavy atom. The molecule has 3 N–H and O–H groups in total. The fourth-order valence-electron chi connectivity index (χ4n) is 3.88. The number of fused-ring (bicyclic) bond motifs is 1. The molecule has 0 radical (unpaired) electrons. The zero-order valence-corrected chi connectivity index (χ0v) is 17.1. The van der Waals surface area contributed by atoms with Crippen molar-refractivity contribution in [1.29, 1.82) is 0 Å². The van der Waals surface area contributed by atoms with Crippen molar-refractivity contribution in [2.75, 3.05) is 37.1 Å². The third kappa shape index (κ3) is 4.21. The number of rotatable bonds is 6. The molecule has 2 aliphatic rings. The predicted molar refractivity (Wildman–Crippen MR) is 108 cm³/mol. The highest BCUT2D eigenvalue weighted by atomic mass is 32.2. The number of phenols is 1. The number of carboxylic acid groups (broad SMARTS) is 1. The number of benzene rings is 2. The summed E-state index contributed by atoms with van der Waals surface area (Å²) in [5.41, 5.74) is -0.608. The number of carboxylic acids is 1. The van der Waals surface area contributed by atoms with Crippen molar-refractivity contribution < 1.29 is 37.3 Å². The fraction of sp³-hybridized carbons (Fsp3) is 0.368. The number of likely N-dealkylation sites (tertiary alicyclic amines) is 1. The predicted octanol–water partition coefficient (Wildman–Crippen LogP) is 0.651. The van der Waals surface area contributed by atoms with Crippen molar-refractivity contribution >= 4 is 38.5 Å². The second kappa shape index (κ2) is 7.85. The van der Waals surface area contributed by atoms with Gasteiger partial charge in [-0.05, 0) is 36.6 Å². The van der Waals surface area contributed by atoms with Crippen molar-refractivity contribution in [1.82, 2.24) is 9.62 Å². The Morgan fingerprint density at radius 1 is 1.32 bits per heavy atom. The molecule has 2 saturated heterocycles. The number of halogens is 1. The lowest BCUT2D eigenvalue weighted by molar-refractivity contribution is -0.138. The molecule has 166 valence electrons. The minimum absolute atomic E-state index is 0.0266. The first kappa shape index (κ1) is 21.1. The third-order valence-corrected chi connectivity index (χ3v) is 6.67. The van der Waals surface area contributed by atoms with Crippen molar-refractivity contribution in [3.05, 3.63) is 30.1 Å². The van der Waals surface area contributed by atoms with Crippen LogP contribution in [-0.4, -0.2) is 68.2 Å². The average Bonchev–Trinajstić information content (AvgIpc) is 3.22. The summed E-state index contributed by atoms with van der Waals surface area (Å²) in [6, 6.07) is 5.75. The number of nitrogens with one attached hydrogen (secondary N) is 1. The van der Waals surface area contributed by atoms with Crippen molar-refractivity contribution in [3.8, 4) is 11.5 Å². The molecular formula is C19H20FN3O7S. The maximum atomic E-state index is 15.2. The molecule has 0 spiro atoms. The van der Waals surface area contributed by atoms with E-state index < -0.39 is 45.9 Å². The van der Waals surface area contributed by atoms with E-state index in [0.717, 1.165) is 6.42 Å². The molecule has 4 rings (SSSR count). The Hall–Kier alpha value is -3.12. The standard InChI is InChI=1S/C19H20FN3O7S/c20-18-14-6-13(30-10-11-3-4-22(7-11)9-17(26)27)2-1-12(14)5-15(24)19(18)23-8-16(25)21-31(23,28)29/h1-2,5-6,11,24H,3-4,7-10H2,(H,21,25)(H,26,27)/t11-/m0/s1. The van der Waals surface area contributed by atoms with Gasteiger partial charge in [0, 0.05) is 17.8 Å². The van der Waals surface area contributed by atoms with Crippen LogP contribution in [0.5, 0.6) is 11.5 Å². The molecule has 0 bridgehead atoms. The quantitative estimate of drug-likeness (QED) is 0.580. The monoisotopic (exact) mass is 453 g/mol. The number of amides is 1. The van der Waals surface area contributed by atoms with E-state index in [1.54, 1.807) is 10.8 Å².